The van der Waals surface area contributed by atoms with Crippen LogP contribution in [0.3, 0.4) is 0 Å². The minimum atomic E-state index is 0.500. The molecule has 19 rings (SSSR count). The number of rotatable bonds is 0. The van der Waals surface area contributed by atoms with E-state index in [0.29, 0.717) is 38.5 Å². The molecule has 0 aliphatic carbocycles. The third-order valence-electron chi connectivity index (χ3n) is 14.4. The van der Waals surface area contributed by atoms with Gasteiger partial charge in [0.25, 0.3) is 0 Å². The van der Waals surface area contributed by atoms with E-state index in [2.05, 4.69) is 316 Å². The lowest BCUT2D eigenvalue weighted by Crippen LogP contribution is -1.93. The van der Waals surface area contributed by atoms with Crippen LogP contribution in [0, 0.1) is 27.1 Å². The van der Waals surface area contributed by atoms with Crippen LogP contribution in [0.15, 0.2) is 253 Å². The molecule has 10 aromatic carbocycles. The summed E-state index contributed by atoms with van der Waals surface area (Å²) < 4.78 is 13.8. The molecule has 9 aromatic heterocycles. The second-order valence-corrected chi connectivity index (χ2v) is 36.1. The normalized spacial score (nSPS) is 10.4. The molecular weight excluding hydrogens is 1550 g/mol. The van der Waals surface area contributed by atoms with Gasteiger partial charge in [-0.2, -0.15) is 0 Å². The van der Waals surface area contributed by atoms with Gasteiger partial charge >= 0.3 is 0 Å². The van der Waals surface area contributed by atoms with Crippen molar-refractivity contribution in [3.63, 3.8) is 0 Å². The van der Waals surface area contributed by atoms with Crippen LogP contribution in [-0.4, -0.2) is 49.8 Å². The molecule has 0 aliphatic rings. The predicted octanol–water partition coefficient (Wildman–Crippen LogP) is 36.3. The fourth-order valence-corrected chi connectivity index (χ4v) is 12.8. The molecule has 0 saturated heterocycles. The van der Waals surface area contributed by atoms with Crippen molar-refractivity contribution >= 4 is 173 Å². The smallest absolute Gasteiger partial charge is 0.246 e. The number of para-hydroxylation sites is 1. The standard InChI is InChI=1S/C20H12N2.C14H8N2O.C14H8N2S.C10H6N2O.C10H6N2S.5C5H12.8C2H6/c1-3-7-15-13(5-1)14-6-2-4-8-16(14)18-12-20-19(11-17(15)18)21-9-10-22-20;2*1-2-4-10-9(3-1)5-6-11-12-14(17-13(10)11)16-8-7-15-12;2*1-2-4-8-7(3-1)9-10(13-8)12-6-5-11-9;5*1-5(2,3)4;8*1-2/h1-12H;2*1-8H;2*1-6H;5*1-4H3;8*1-2H3. The summed E-state index contributed by atoms with van der Waals surface area (Å²) in [5.41, 5.74) is 11.0. The summed E-state index contributed by atoms with van der Waals surface area (Å²) in [6.07, 6.45) is 17.1. The summed E-state index contributed by atoms with van der Waals surface area (Å²) >= 11 is 3.41. The number of hydrogen-bond acceptors (Lipinski definition) is 14. The lowest BCUT2D eigenvalue weighted by Gasteiger charge is -2.10. The van der Waals surface area contributed by atoms with Crippen LogP contribution in [0.1, 0.15) is 249 Å². The fourth-order valence-electron chi connectivity index (χ4n) is 10.7. The first-order valence-corrected chi connectivity index (χ1v) is 45.9. The molecule has 123 heavy (non-hydrogen) atoms. The van der Waals surface area contributed by atoms with Gasteiger partial charge in [-0.25, -0.2) is 29.9 Å². The fraction of sp³-hybridized carbons (Fsp3) is 0.376. The maximum Gasteiger partial charge on any atom is 0.246 e. The summed E-state index contributed by atoms with van der Waals surface area (Å²) in [4.78, 5) is 45.2. The van der Waals surface area contributed by atoms with E-state index in [4.69, 9.17) is 8.83 Å². The molecule has 0 radical (unpaired) electrons. The Hall–Kier alpha value is -10.8. The van der Waals surface area contributed by atoms with Gasteiger partial charge in [-0.05, 0) is 112 Å². The highest BCUT2D eigenvalue weighted by Crippen LogP contribution is 2.39. The van der Waals surface area contributed by atoms with E-state index in [9.17, 15) is 0 Å². The number of thiophene rings is 2. The monoisotopic (exact) mass is 1690 g/mol. The third-order valence-corrected chi connectivity index (χ3v) is 16.6. The lowest BCUT2D eigenvalue weighted by molar-refractivity contribution is 0.469. The number of nitrogens with zero attached hydrogens (tertiary/aromatic N) is 10. The van der Waals surface area contributed by atoms with Crippen molar-refractivity contribution in [1.29, 1.82) is 0 Å². The number of fused-ring (bicyclic) bond motifs is 23. The summed E-state index contributed by atoms with van der Waals surface area (Å²) in [5, 5.41) is 16.9. The van der Waals surface area contributed by atoms with Gasteiger partial charge in [-0.1, -0.05) is 395 Å². The summed E-state index contributed by atoms with van der Waals surface area (Å²) in [6, 6.07) is 62.5. The molecule has 0 spiro atoms. The van der Waals surface area contributed by atoms with Crippen molar-refractivity contribution in [2.24, 2.45) is 27.1 Å². The van der Waals surface area contributed by atoms with E-state index in [1.54, 1.807) is 84.6 Å². The summed E-state index contributed by atoms with van der Waals surface area (Å²) in [5.74, 6) is 0. The van der Waals surface area contributed by atoms with E-state index in [1.165, 1.54) is 68.6 Å². The molecular formula is C109H148N10O2S2. The first-order valence-electron chi connectivity index (χ1n) is 44.3. The van der Waals surface area contributed by atoms with Crippen molar-refractivity contribution < 1.29 is 8.83 Å². The quantitative estimate of drug-likeness (QED) is 0.105. The number of hydrogen-bond donors (Lipinski definition) is 0. The molecule has 0 bridgehead atoms. The molecule has 0 N–H and O–H groups in total. The highest BCUT2D eigenvalue weighted by molar-refractivity contribution is 7.26. The number of furan rings is 2. The lowest BCUT2D eigenvalue weighted by atomic mass is 9.94. The van der Waals surface area contributed by atoms with E-state index in [-0.39, 0.29) is 0 Å². The molecule has 0 fully saturated rings. The Kier molecular flexibility index (Phi) is 48.1. The van der Waals surface area contributed by atoms with Gasteiger partial charge in [0.05, 0.1) is 11.0 Å². The highest BCUT2D eigenvalue weighted by Gasteiger charge is 2.15. The van der Waals surface area contributed by atoms with Gasteiger partial charge in [0, 0.05) is 98.3 Å². The zero-order valence-corrected chi connectivity index (χ0v) is 83.3. The van der Waals surface area contributed by atoms with Crippen molar-refractivity contribution in [3.8, 4) is 0 Å². The molecule has 0 atom stereocenters. The Morgan fingerprint density at radius 2 is 0.504 bits per heavy atom. The van der Waals surface area contributed by atoms with Gasteiger partial charge in [0.15, 0.2) is 0 Å². The Morgan fingerprint density at radius 3 is 0.935 bits per heavy atom. The third kappa shape index (κ3) is 35.9. The van der Waals surface area contributed by atoms with Crippen molar-refractivity contribution in [3.05, 3.63) is 244 Å². The van der Waals surface area contributed by atoms with E-state index < -0.39 is 0 Å². The maximum atomic E-state index is 5.79. The molecule has 658 valence electrons. The predicted molar refractivity (Wildman–Crippen MR) is 552 cm³/mol. The minimum Gasteiger partial charge on any atom is -0.436 e. The average Bonchev–Trinajstić information content (AvgIpc) is 1.65. The van der Waals surface area contributed by atoms with Gasteiger partial charge < -0.3 is 8.83 Å². The molecule has 0 saturated carbocycles. The van der Waals surface area contributed by atoms with Gasteiger partial charge in [-0.15, -0.1) is 22.7 Å². The highest BCUT2D eigenvalue weighted by atomic mass is 32.1. The van der Waals surface area contributed by atoms with Gasteiger partial charge in [0.1, 0.15) is 42.9 Å². The van der Waals surface area contributed by atoms with Gasteiger partial charge in [-0.3, -0.25) is 19.9 Å². The Labute approximate surface area is 746 Å². The van der Waals surface area contributed by atoms with Crippen LogP contribution >= 0.6 is 22.7 Å². The van der Waals surface area contributed by atoms with Crippen LogP contribution in [-0.2, 0) is 0 Å². The topological polar surface area (TPSA) is 155 Å². The zero-order chi connectivity index (χ0) is 92.8. The molecule has 9 heterocycles. The number of aromatic nitrogens is 10. The molecule has 14 heteroatoms. The Bertz CT molecular complexity index is 5620. The molecule has 0 amide bonds. The SMILES string of the molecule is CC.CC.CC.CC.CC.CC.CC.CC.CC(C)(C)C.CC(C)(C)C.CC(C)(C)C.CC(C)(C)C.CC(C)(C)C.c1ccc2c(c1)c1ccccc1c1cc3nccnc3cc21.c1ccc2c(c1)ccc1c3nccnc3oc21.c1ccc2c(c1)ccc1c3nccnc3sc21.c1ccc2c(c1)oc1nccnc12.c1ccc2c(c1)sc1nccnc12. The first kappa shape index (κ1) is 108. The Balaban J connectivity index is 0.000000472. The van der Waals surface area contributed by atoms with Crippen LogP contribution in [0.5, 0.6) is 0 Å². The Morgan fingerprint density at radius 1 is 0.220 bits per heavy atom. The minimum absolute atomic E-state index is 0.500. The van der Waals surface area contributed by atoms with E-state index >= 15 is 0 Å². The van der Waals surface area contributed by atoms with Gasteiger partial charge in [0.2, 0.25) is 11.4 Å². The zero-order valence-electron chi connectivity index (χ0n) is 81.7. The maximum absolute atomic E-state index is 5.79. The summed E-state index contributed by atoms with van der Waals surface area (Å²) in [6.45, 7) is 75.8. The van der Waals surface area contributed by atoms with Crippen LogP contribution in [0.25, 0.3) is 150 Å². The van der Waals surface area contributed by atoms with Crippen molar-refractivity contribution in [2.75, 3.05) is 0 Å². The van der Waals surface area contributed by atoms with E-state index in [0.717, 1.165) is 70.1 Å². The van der Waals surface area contributed by atoms with Crippen LogP contribution < -0.4 is 0 Å². The average molecular weight is 1690 g/mol. The number of benzene rings is 10. The molecule has 0 aliphatic heterocycles. The van der Waals surface area contributed by atoms with Crippen molar-refractivity contribution in [1.82, 2.24) is 49.8 Å². The molecule has 19 aromatic rings. The first-order chi connectivity index (χ1) is 58.7. The second kappa shape index (κ2) is 54.6. The van der Waals surface area contributed by atoms with Crippen LogP contribution in [0.4, 0.5) is 0 Å². The largest absolute Gasteiger partial charge is 0.436 e. The molecule has 0 unspecified atom stereocenters. The van der Waals surface area contributed by atoms with Crippen molar-refractivity contribution in [2.45, 2.75) is 249 Å². The molecule has 12 nitrogen and oxygen atoms in total. The van der Waals surface area contributed by atoms with E-state index in [1.807, 2.05) is 165 Å². The summed E-state index contributed by atoms with van der Waals surface area (Å²) in [7, 11) is 0. The second-order valence-electron chi connectivity index (χ2n) is 34.1. The van der Waals surface area contributed by atoms with Crippen LogP contribution in [0.2, 0.25) is 0 Å².